The number of halogens is 4. The molecule has 0 aliphatic carbocycles. The molecule has 6 nitrogen and oxygen atoms in total. The molecule has 11 heteroatoms. The van der Waals surface area contributed by atoms with Crippen LogP contribution >= 0.6 is 11.6 Å². The minimum absolute atomic E-state index is 0.0107. The van der Waals surface area contributed by atoms with E-state index in [2.05, 4.69) is 10.0 Å². The Morgan fingerprint density at radius 3 is 2.33 bits per heavy atom. The summed E-state index contributed by atoms with van der Waals surface area (Å²) in [6.07, 6.45) is -4.66. The van der Waals surface area contributed by atoms with E-state index in [9.17, 15) is 26.4 Å². The summed E-state index contributed by atoms with van der Waals surface area (Å²) in [6.45, 7) is 1.27. The molecule has 0 saturated carbocycles. The van der Waals surface area contributed by atoms with Gasteiger partial charge in [-0.05, 0) is 61.0 Å². The smallest absolute Gasteiger partial charge is 0.417 e. The summed E-state index contributed by atoms with van der Waals surface area (Å²) in [4.78, 5) is 12.0. The van der Waals surface area contributed by atoms with Crippen LogP contribution in [0.2, 0.25) is 5.02 Å². The van der Waals surface area contributed by atoms with Crippen LogP contribution in [0.4, 0.5) is 24.5 Å². The van der Waals surface area contributed by atoms with Crippen LogP contribution in [-0.2, 0) is 21.0 Å². The fourth-order valence-electron chi connectivity index (χ4n) is 2.77. The van der Waals surface area contributed by atoms with Gasteiger partial charge >= 0.3 is 6.18 Å². The van der Waals surface area contributed by atoms with Crippen molar-refractivity contribution in [1.29, 1.82) is 0 Å². The number of hydrogen-bond acceptors (Lipinski definition) is 4. The van der Waals surface area contributed by atoms with E-state index in [-0.39, 0.29) is 16.3 Å². The average Bonchev–Trinajstić information content (AvgIpc) is 2.75. The van der Waals surface area contributed by atoms with Crippen LogP contribution in [0.1, 0.15) is 11.1 Å². The van der Waals surface area contributed by atoms with Gasteiger partial charge in [0.2, 0.25) is 0 Å². The second-order valence-electron chi connectivity index (χ2n) is 6.92. The molecule has 174 valence electrons. The lowest BCUT2D eigenvalue weighted by Gasteiger charge is -2.12. The molecule has 3 aromatic carbocycles. The van der Waals surface area contributed by atoms with E-state index in [0.29, 0.717) is 5.69 Å². The average molecular weight is 499 g/mol. The second-order valence-corrected chi connectivity index (χ2v) is 9.01. The monoisotopic (exact) mass is 498 g/mol. The summed E-state index contributed by atoms with van der Waals surface area (Å²) in [6, 6.07) is 15.2. The number of benzene rings is 3. The van der Waals surface area contributed by atoms with Crippen LogP contribution in [0.15, 0.2) is 71.6 Å². The van der Waals surface area contributed by atoms with Crippen LogP contribution < -0.4 is 14.8 Å². The highest BCUT2D eigenvalue weighted by Gasteiger charge is 2.33. The van der Waals surface area contributed by atoms with Crippen molar-refractivity contribution in [3.8, 4) is 5.75 Å². The van der Waals surface area contributed by atoms with Gasteiger partial charge in [0.25, 0.3) is 15.9 Å². The Morgan fingerprint density at radius 2 is 1.70 bits per heavy atom. The molecule has 0 spiro atoms. The first kappa shape index (κ1) is 24.4. The molecule has 0 unspecified atom stereocenters. The molecule has 0 aliphatic heterocycles. The Labute approximate surface area is 193 Å². The van der Waals surface area contributed by atoms with E-state index in [1.807, 2.05) is 0 Å². The number of alkyl halides is 3. The summed E-state index contributed by atoms with van der Waals surface area (Å²) in [5.74, 6) is -0.504. The highest BCUT2D eigenvalue weighted by atomic mass is 35.5. The summed E-state index contributed by atoms with van der Waals surface area (Å²) < 4.78 is 71.7. The Kier molecular flexibility index (Phi) is 7.19. The largest absolute Gasteiger partial charge is 0.484 e. The van der Waals surface area contributed by atoms with Gasteiger partial charge in [0.05, 0.1) is 21.2 Å². The van der Waals surface area contributed by atoms with Crippen LogP contribution in [0.25, 0.3) is 0 Å². The SMILES string of the molecule is Cc1ccccc1NS(=O)(=O)c1ccc(OCC(=O)Nc2ccc(Cl)c(C(F)(F)F)c2)cc1. The predicted molar refractivity (Wildman–Crippen MR) is 119 cm³/mol. The Hall–Kier alpha value is -3.24. The number of amides is 1. The fourth-order valence-corrected chi connectivity index (χ4v) is 4.13. The maximum atomic E-state index is 12.9. The Bertz CT molecular complexity index is 1260. The van der Waals surface area contributed by atoms with Crippen molar-refractivity contribution in [1.82, 2.24) is 0 Å². The van der Waals surface area contributed by atoms with E-state index in [4.69, 9.17) is 16.3 Å². The minimum atomic E-state index is -4.66. The third-order valence-corrected chi connectivity index (χ3v) is 6.16. The first-order chi connectivity index (χ1) is 15.5. The molecular formula is C22H18ClF3N2O4S. The number of ether oxygens (including phenoxy) is 1. The van der Waals surface area contributed by atoms with Crippen molar-refractivity contribution in [3.05, 3.63) is 82.9 Å². The normalized spacial score (nSPS) is 11.7. The first-order valence-electron chi connectivity index (χ1n) is 9.43. The van der Waals surface area contributed by atoms with Crippen molar-refractivity contribution in [3.63, 3.8) is 0 Å². The van der Waals surface area contributed by atoms with Gasteiger partial charge in [-0.1, -0.05) is 29.8 Å². The maximum Gasteiger partial charge on any atom is 0.417 e. The molecule has 0 aliphatic rings. The summed E-state index contributed by atoms with van der Waals surface area (Å²) in [5, 5.41) is 1.81. The van der Waals surface area contributed by atoms with Crippen LogP contribution in [0, 0.1) is 6.92 Å². The molecule has 0 radical (unpaired) electrons. The molecule has 3 rings (SSSR count). The van der Waals surface area contributed by atoms with Crippen molar-refractivity contribution in [2.75, 3.05) is 16.6 Å². The van der Waals surface area contributed by atoms with E-state index in [0.717, 1.165) is 17.7 Å². The van der Waals surface area contributed by atoms with Gasteiger partial charge in [-0.15, -0.1) is 0 Å². The number of hydrogen-bond donors (Lipinski definition) is 2. The lowest BCUT2D eigenvalue weighted by Crippen LogP contribution is -2.20. The fraction of sp³-hybridized carbons (Fsp3) is 0.136. The molecule has 2 N–H and O–H groups in total. The number of carbonyl (C=O) groups is 1. The standard InChI is InChI=1S/C22H18ClF3N2O4S/c1-14-4-2-3-5-20(14)28-33(30,31)17-9-7-16(8-10-17)32-13-21(29)27-15-6-11-19(23)18(12-15)22(24,25)26/h2-12,28H,13H2,1H3,(H,27,29). The molecule has 3 aromatic rings. The lowest BCUT2D eigenvalue weighted by molar-refractivity contribution is -0.137. The zero-order valence-corrected chi connectivity index (χ0v) is 18.7. The van der Waals surface area contributed by atoms with Gasteiger partial charge in [0, 0.05) is 5.69 Å². The summed E-state index contributed by atoms with van der Waals surface area (Å²) >= 11 is 5.55. The number of rotatable bonds is 7. The predicted octanol–water partition coefficient (Wildman–Crippen LogP) is 5.49. The van der Waals surface area contributed by atoms with Crippen LogP contribution in [-0.4, -0.2) is 20.9 Å². The topological polar surface area (TPSA) is 84.5 Å². The summed E-state index contributed by atoms with van der Waals surface area (Å²) in [7, 11) is -3.83. The molecule has 0 heterocycles. The van der Waals surface area contributed by atoms with Crippen LogP contribution in [0.3, 0.4) is 0 Å². The van der Waals surface area contributed by atoms with E-state index in [1.54, 1.807) is 31.2 Å². The Balaban J connectivity index is 1.60. The van der Waals surface area contributed by atoms with Crippen molar-refractivity contribution < 1.29 is 31.1 Å². The van der Waals surface area contributed by atoms with E-state index < -0.39 is 39.3 Å². The molecule has 0 bridgehead atoms. The first-order valence-corrected chi connectivity index (χ1v) is 11.3. The third-order valence-electron chi connectivity index (χ3n) is 4.45. The molecule has 0 atom stereocenters. The zero-order valence-electron chi connectivity index (χ0n) is 17.1. The van der Waals surface area contributed by atoms with Gasteiger partial charge in [0.15, 0.2) is 6.61 Å². The zero-order chi connectivity index (χ0) is 24.2. The summed E-state index contributed by atoms with van der Waals surface area (Å²) in [5.41, 5.74) is 0.0449. The molecule has 0 saturated heterocycles. The molecule has 0 fully saturated rings. The second kappa shape index (κ2) is 9.72. The molecule has 1 amide bonds. The number of anilines is 2. The Morgan fingerprint density at radius 1 is 1.03 bits per heavy atom. The van der Waals surface area contributed by atoms with Gasteiger partial charge in [-0.2, -0.15) is 13.2 Å². The van der Waals surface area contributed by atoms with Crippen molar-refractivity contribution in [2.45, 2.75) is 18.0 Å². The maximum absolute atomic E-state index is 12.9. The van der Waals surface area contributed by atoms with Gasteiger partial charge in [-0.3, -0.25) is 9.52 Å². The highest BCUT2D eigenvalue weighted by Crippen LogP contribution is 2.36. The number of para-hydroxylation sites is 1. The number of aryl methyl sites for hydroxylation is 1. The quantitative estimate of drug-likeness (QED) is 0.451. The van der Waals surface area contributed by atoms with Crippen molar-refractivity contribution >= 4 is 38.9 Å². The minimum Gasteiger partial charge on any atom is -0.484 e. The number of sulfonamides is 1. The van der Waals surface area contributed by atoms with Gasteiger partial charge in [0.1, 0.15) is 5.75 Å². The molecule has 33 heavy (non-hydrogen) atoms. The third kappa shape index (κ3) is 6.39. The van der Waals surface area contributed by atoms with E-state index >= 15 is 0 Å². The lowest BCUT2D eigenvalue weighted by atomic mass is 10.2. The highest BCUT2D eigenvalue weighted by molar-refractivity contribution is 7.92. The van der Waals surface area contributed by atoms with E-state index in [1.165, 1.54) is 30.3 Å². The molecular weight excluding hydrogens is 481 g/mol. The van der Waals surface area contributed by atoms with Crippen molar-refractivity contribution in [2.24, 2.45) is 0 Å². The van der Waals surface area contributed by atoms with Crippen LogP contribution in [0.5, 0.6) is 5.75 Å². The molecule has 0 aromatic heterocycles. The number of nitrogens with one attached hydrogen (secondary N) is 2. The van der Waals surface area contributed by atoms with Gasteiger partial charge < -0.3 is 10.1 Å². The number of carbonyl (C=O) groups excluding carboxylic acids is 1. The van der Waals surface area contributed by atoms with Gasteiger partial charge in [-0.25, -0.2) is 8.42 Å².